The zero-order valence-electron chi connectivity index (χ0n) is 11.1. The molecule has 0 unspecified atom stereocenters. The van der Waals surface area contributed by atoms with Gasteiger partial charge in [-0.05, 0) is 42.9 Å². The maximum atomic E-state index is 12.9. The molecule has 0 aromatic heterocycles. The van der Waals surface area contributed by atoms with Gasteiger partial charge in [-0.3, -0.25) is 4.79 Å². The molecule has 1 aliphatic carbocycles. The minimum Gasteiger partial charge on any atom is -0.353 e. The Hall–Kier alpha value is -1.54. The van der Waals surface area contributed by atoms with Crippen LogP contribution in [0.2, 0.25) is 0 Å². The van der Waals surface area contributed by atoms with E-state index in [2.05, 4.69) is 5.32 Å². The number of nitrogens with zero attached hydrogens (tertiary/aromatic N) is 1. The van der Waals surface area contributed by atoms with Gasteiger partial charge in [0.15, 0.2) is 0 Å². The van der Waals surface area contributed by atoms with Gasteiger partial charge in [0, 0.05) is 6.04 Å². The van der Waals surface area contributed by atoms with Crippen LogP contribution >= 0.6 is 11.8 Å². The summed E-state index contributed by atoms with van der Waals surface area (Å²) in [6.45, 7) is 0. The Morgan fingerprint density at radius 1 is 1.40 bits per heavy atom. The number of halogens is 1. The molecule has 1 amide bonds. The molecule has 106 valence electrons. The average molecular weight is 292 g/mol. The van der Waals surface area contributed by atoms with Gasteiger partial charge in [0.25, 0.3) is 0 Å². The summed E-state index contributed by atoms with van der Waals surface area (Å²) in [6, 6.07) is 8.82. The minimum absolute atomic E-state index is 0.00462. The molecule has 0 radical (unpaired) electrons. The predicted octanol–water partition coefficient (Wildman–Crippen LogP) is 2.83. The minimum atomic E-state index is -0.217. The van der Waals surface area contributed by atoms with Gasteiger partial charge >= 0.3 is 0 Å². The quantitative estimate of drug-likeness (QED) is 0.849. The Kier molecular flexibility index (Phi) is 5.42. The smallest absolute Gasteiger partial charge is 0.230 e. The SMILES string of the molecule is N#CCSCC(=O)N[C@H]1CC[C@H](c2ccc(F)cc2)C1. The Morgan fingerprint density at radius 2 is 2.15 bits per heavy atom. The number of nitrogens with one attached hydrogen (secondary N) is 1. The van der Waals surface area contributed by atoms with Crippen molar-refractivity contribution in [1.29, 1.82) is 5.26 Å². The number of hydrogen-bond donors (Lipinski definition) is 1. The molecule has 1 aromatic carbocycles. The molecule has 1 N–H and O–H groups in total. The van der Waals surface area contributed by atoms with E-state index < -0.39 is 0 Å². The average Bonchev–Trinajstić information content (AvgIpc) is 2.88. The lowest BCUT2D eigenvalue weighted by atomic mass is 9.97. The van der Waals surface area contributed by atoms with Gasteiger partial charge in [0.1, 0.15) is 5.82 Å². The number of amides is 1. The fourth-order valence-corrected chi connectivity index (χ4v) is 3.07. The van der Waals surface area contributed by atoms with Gasteiger partial charge in [-0.25, -0.2) is 4.39 Å². The first kappa shape index (κ1) is 14.9. The largest absolute Gasteiger partial charge is 0.353 e. The molecule has 0 heterocycles. The zero-order valence-corrected chi connectivity index (χ0v) is 12.0. The number of hydrogen-bond acceptors (Lipinski definition) is 3. The van der Waals surface area contributed by atoms with E-state index in [1.165, 1.54) is 23.9 Å². The van der Waals surface area contributed by atoms with Gasteiger partial charge in [-0.2, -0.15) is 5.26 Å². The number of carbonyl (C=O) groups is 1. The van der Waals surface area contributed by atoms with Crippen molar-refractivity contribution in [1.82, 2.24) is 5.32 Å². The normalized spacial score (nSPS) is 21.4. The number of thioether (sulfide) groups is 1. The summed E-state index contributed by atoms with van der Waals surface area (Å²) in [5, 5.41) is 11.4. The first-order valence-electron chi connectivity index (χ1n) is 6.68. The Balaban J connectivity index is 1.79. The highest BCUT2D eigenvalue weighted by molar-refractivity contribution is 8.00. The van der Waals surface area contributed by atoms with Crippen LogP contribution in [0.25, 0.3) is 0 Å². The highest BCUT2D eigenvalue weighted by Crippen LogP contribution is 2.34. The molecule has 2 rings (SSSR count). The lowest BCUT2D eigenvalue weighted by Gasteiger charge is -2.13. The summed E-state index contributed by atoms with van der Waals surface area (Å²) in [6.07, 6.45) is 2.87. The fraction of sp³-hybridized carbons (Fsp3) is 0.467. The number of nitriles is 1. The molecule has 1 saturated carbocycles. The summed E-state index contributed by atoms with van der Waals surface area (Å²) in [4.78, 5) is 11.7. The fourth-order valence-electron chi connectivity index (χ4n) is 2.61. The molecular weight excluding hydrogens is 275 g/mol. The molecule has 0 spiro atoms. The van der Waals surface area contributed by atoms with Crippen molar-refractivity contribution < 1.29 is 9.18 Å². The molecule has 0 saturated heterocycles. The standard InChI is InChI=1S/C15H17FN2OS/c16-13-4-1-11(2-5-13)12-3-6-14(9-12)18-15(19)10-20-8-7-17/h1-2,4-5,12,14H,3,6,8-10H2,(H,18,19)/t12-,14-/m0/s1. The van der Waals surface area contributed by atoms with Crippen LogP contribution in [0.4, 0.5) is 4.39 Å². The molecule has 2 atom stereocenters. The third kappa shape index (κ3) is 4.24. The van der Waals surface area contributed by atoms with Crippen LogP contribution in [0, 0.1) is 17.1 Å². The highest BCUT2D eigenvalue weighted by Gasteiger charge is 2.26. The Bertz CT molecular complexity index is 498. The van der Waals surface area contributed by atoms with Gasteiger partial charge in [0.2, 0.25) is 5.91 Å². The van der Waals surface area contributed by atoms with E-state index in [1.807, 2.05) is 18.2 Å². The highest BCUT2D eigenvalue weighted by atomic mass is 32.2. The van der Waals surface area contributed by atoms with Crippen molar-refractivity contribution in [2.24, 2.45) is 0 Å². The van der Waals surface area contributed by atoms with Crippen molar-refractivity contribution in [3.05, 3.63) is 35.6 Å². The van der Waals surface area contributed by atoms with Crippen molar-refractivity contribution >= 4 is 17.7 Å². The van der Waals surface area contributed by atoms with Crippen LogP contribution in [0.15, 0.2) is 24.3 Å². The molecule has 5 heteroatoms. The monoisotopic (exact) mass is 292 g/mol. The van der Waals surface area contributed by atoms with Crippen molar-refractivity contribution in [2.45, 2.75) is 31.2 Å². The summed E-state index contributed by atoms with van der Waals surface area (Å²) < 4.78 is 12.9. The summed E-state index contributed by atoms with van der Waals surface area (Å²) in [5.74, 6) is 0.857. The molecule has 1 aromatic rings. The predicted molar refractivity (Wildman–Crippen MR) is 77.9 cm³/mol. The van der Waals surface area contributed by atoms with E-state index in [-0.39, 0.29) is 17.8 Å². The van der Waals surface area contributed by atoms with E-state index in [0.717, 1.165) is 24.8 Å². The summed E-state index contributed by atoms with van der Waals surface area (Å²) in [5.41, 5.74) is 1.14. The van der Waals surface area contributed by atoms with Gasteiger partial charge in [-0.1, -0.05) is 12.1 Å². The van der Waals surface area contributed by atoms with Crippen LogP contribution in [0.5, 0.6) is 0 Å². The topological polar surface area (TPSA) is 52.9 Å². The molecule has 0 bridgehead atoms. The molecule has 1 aliphatic rings. The molecule has 20 heavy (non-hydrogen) atoms. The van der Waals surface area contributed by atoms with Gasteiger partial charge < -0.3 is 5.32 Å². The van der Waals surface area contributed by atoms with E-state index in [0.29, 0.717) is 17.4 Å². The maximum absolute atomic E-state index is 12.9. The lowest BCUT2D eigenvalue weighted by Crippen LogP contribution is -2.34. The van der Waals surface area contributed by atoms with E-state index in [4.69, 9.17) is 5.26 Å². The first-order valence-corrected chi connectivity index (χ1v) is 7.84. The third-order valence-corrected chi connectivity index (χ3v) is 4.34. The van der Waals surface area contributed by atoms with E-state index in [9.17, 15) is 9.18 Å². The second kappa shape index (κ2) is 7.30. The van der Waals surface area contributed by atoms with Crippen molar-refractivity contribution in [3.63, 3.8) is 0 Å². The number of benzene rings is 1. The Morgan fingerprint density at radius 3 is 2.85 bits per heavy atom. The van der Waals surface area contributed by atoms with Crippen LogP contribution < -0.4 is 5.32 Å². The van der Waals surface area contributed by atoms with E-state index in [1.54, 1.807) is 0 Å². The number of rotatable bonds is 5. The van der Waals surface area contributed by atoms with E-state index >= 15 is 0 Å². The van der Waals surface area contributed by atoms with Gasteiger partial charge in [-0.15, -0.1) is 11.8 Å². The molecule has 3 nitrogen and oxygen atoms in total. The van der Waals surface area contributed by atoms with Crippen LogP contribution in [-0.4, -0.2) is 23.5 Å². The summed E-state index contributed by atoms with van der Waals surface area (Å²) in [7, 11) is 0. The van der Waals surface area contributed by atoms with Crippen molar-refractivity contribution in [3.8, 4) is 6.07 Å². The second-order valence-electron chi connectivity index (χ2n) is 4.98. The molecule has 0 aliphatic heterocycles. The second-order valence-corrected chi connectivity index (χ2v) is 5.96. The first-order chi connectivity index (χ1) is 9.69. The van der Waals surface area contributed by atoms with Crippen LogP contribution in [-0.2, 0) is 4.79 Å². The summed E-state index contributed by atoms with van der Waals surface area (Å²) >= 11 is 1.33. The van der Waals surface area contributed by atoms with Crippen LogP contribution in [0.3, 0.4) is 0 Å². The van der Waals surface area contributed by atoms with Gasteiger partial charge in [0.05, 0.1) is 17.6 Å². The van der Waals surface area contributed by atoms with Crippen molar-refractivity contribution in [2.75, 3.05) is 11.5 Å². The third-order valence-electron chi connectivity index (χ3n) is 3.54. The maximum Gasteiger partial charge on any atom is 0.230 e. The zero-order chi connectivity index (χ0) is 14.4. The Labute approximate surface area is 122 Å². The van der Waals surface area contributed by atoms with Crippen LogP contribution in [0.1, 0.15) is 30.7 Å². The molecule has 1 fully saturated rings. The number of carbonyl (C=O) groups excluding carboxylic acids is 1. The lowest BCUT2D eigenvalue weighted by molar-refractivity contribution is -0.119. The molecular formula is C15H17FN2OS.